The third-order valence-electron chi connectivity index (χ3n) is 4.04. The van der Waals surface area contributed by atoms with Gasteiger partial charge in [0.2, 0.25) is 6.79 Å². The Morgan fingerprint density at radius 1 is 0.966 bits per heavy atom. The van der Waals surface area contributed by atoms with Crippen LogP contribution in [0.4, 0.5) is 0 Å². The summed E-state index contributed by atoms with van der Waals surface area (Å²) in [5.41, 5.74) is 0. The van der Waals surface area contributed by atoms with Crippen LogP contribution < -0.4 is 28.4 Å². The summed E-state index contributed by atoms with van der Waals surface area (Å²) in [4.78, 5) is 23.6. The molecule has 0 amide bonds. The fraction of sp³-hybridized carbons (Fsp3) is 0.238. The van der Waals surface area contributed by atoms with E-state index in [-0.39, 0.29) is 12.8 Å². The second-order valence-corrected chi connectivity index (χ2v) is 6.23. The summed E-state index contributed by atoms with van der Waals surface area (Å²) in [7, 11) is 0. The van der Waals surface area contributed by atoms with Crippen molar-refractivity contribution in [2.75, 3.05) is 6.79 Å². The normalized spacial score (nSPS) is 16.1. The molecule has 1 atom stereocenters. The van der Waals surface area contributed by atoms with Crippen LogP contribution in [0.15, 0.2) is 48.6 Å². The van der Waals surface area contributed by atoms with Gasteiger partial charge in [0.25, 0.3) is 6.29 Å². The first-order valence-electron chi connectivity index (χ1n) is 9.08. The maximum Gasteiger partial charge on any atom is 0.336 e. The average molecular weight is 398 g/mol. The van der Waals surface area contributed by atoms with Crippen molar-refractivity contribution in [2.45, 2.75) is 26.1 Å². The molecule has 8 heteroatoms. The van der Waals surface area contributed by atoms with Gasteiger partial charge in [0.15, 0.2) is 23.0 Å². The number of esters is 2. The number of hydrogen-bond donors (Lipinski definition) is 0. The van der Waals surface area contributed by atoms with Crippen LogP contribution in [-0.4, -0.2) is 25.0 Å². The van der Waals surface area contributed by atoms with Gasteiger partial charge in [-0.1, -0.05) is 6.92 Å². The molecule has 8 nitrogen and oxygen atoms in total. The van der Waals surface area contributed by atoms with Crippen LogP contribution in [0.2, 0.25) is 0 Å². The molecule has 2 aliphatic heterocycles. The molecule has 1 unspecified atom stereocenters. The van der Waals surface area contributed by atoms with Crippen LogP contribution in [0.1, 0.15) is 19.8 Å². The Hall–Kier alpha value is -3.68. The standard InChI is InChI=1S/C21H18O8/c1-2-3-19(22)26-14-5-7-16-18(11-14)29-21(28-16)9-8-20(23)27-13-4-6-15-17(10-13)25-12-24-15/h4-11,21H,2-3,12H2,1H3/b9-8+. The zero-order valence-electron chi connectivity index (χ0n) is 15.6. The molecule has 0 saturated carbocycles. The number of benzene rings is 2. The van der Waals surface area contributed by atoms with Crippen molar-refractivity contribution in [3.05, 3.63) is 48.6 Å². The van der Waals surface area contributed by atoms with E-state index in [1.54, 1.807) is 36.4 Å². The predicted octanol–water partition coefficient (Wildman–Crippen LogP) is 3.38. The Kier molecular flexibility index (Phi) is 5.24. The maximum atomic E-state index is 12.0. The SMILES string of the molecule is CCCC(=O)Oc1ccc2c(c1)OC(/C=C/C(=O)Oc1ccc3c(c1)OCO3)O2. The zero-order chi connectivity index (χ0) is 20.2. The van der Waals surface area contributed by atoms with E-state index in [1.807, 2.05) is 6.92 Å². The highest BCUT2D eigenvalue weighted by molar-refractivity contribution is 5.84. The quantitative estimate of drug-likeness (QED) is 0.416. The van der Waals surface area contributed by atoms with Crippen LogP contribution in [-0.2, 0) is 9.59 Å². The van der Waals surface area contributed by atoms with E-state index in [9.17, 15) is 9.59 Å². The van der Waals surface area contributed by atoms with Crippen LogP contribution in [0.5, 0.6) is 34.5 Å². The number of carbonyl (C=O) groups is 2. The van der Waals surface area contributed by atoms with Crippen molar-refractivity contribution < 1.29 is 38.0 Å². The predicted molar refractivity (Wildman–Crippen MR) is 99.4 cm³/mol. The highest BCUT2D eigenvalue weighted by Gasteiger charge is 2.23. The molecule has 4 rings (SSSR count). The molecule has 2 heterocycles. The van der Waals surface area contributed by atoms with Crippen LogP contribution in [0.25, 0.3) is 0 Å². The van der Waals surface area contributed by atoms with Crippen LogP contribution >= 0.6 is 0 Å². The van der Waals surface area contributed by atoms with Crippen molar-refractivity contribution in [1.29, 1.82) is 0 Å². The molecule has 0 spiro atoms. The van der Waals surface area contributed by atoms with Gasteiger partial charge in [-0.3, -0.25) is 4.79 Å². The van der Waals surface area contributed by atoms with Gasteiger partial charge in [-0.25, -0.2) is 4.79 Å². The summed E-state index contributed by atoms with van der Waals surface area (Å²) in [5.74, 6) is 1.83. The fourth-order valence-corrected chi connectivity index (χ4v) is 2.73. The summed E-state index contributed by atoms with van der Waals surface area (Å²) in [6, 6.07) is 9.69. The minimum absolute atomic E-state index is 0.142. The van der Waals surface area contributed by atoms with E-state index in [0.717, 1.165) is 0 Å². The van der Waals surface area contributed by atoms with Gasteiger partial charge in [-0.05, 0) is 30.7 Å². The smallest absolute Gasteiger partial charge is 0.336 e. The van der Waals surface area contributed by atoms with Crippen LogP contribution in [0.3, 0.4) is 0 Å². The van der Waals surface area contributed by atoms with Gasteiger partial charge < -0.3 is 28.4 Å². The molecule has 0 bridgehead atoms. The number of ether oxygens (including phenoxy) is 6. The molecule has 2 aromatic carbocycles. The number of carbonyl (C=O) groups excluding carboxylic acids is 2. The highest BCUT2D eigenvalue weighted by Crippen LogP contribution is 2.38. The Bertz CT molecular complexity index is 965. The largest absolute Gasteiger partial charge is 0.454 e. The Balaban J connectivity index is 1.33. The average Bonchev–Trinajstić information content (AvgIpc) is 3.32. The summed E-state index contributed by atoms with van der Waals surface area (Å²) in [5, 5.41) is 0. The molecule has 0 radical (unpaired) electrons. The first-order valence-corrected chi connectivity index (χ1v) is 9.08. The van der Waals surface area contributed by atoms with Crippen molar-refractivity contribution in [2.24, 2.45) is 0 Å². The first kappa shape index (κ1) is 18.7. The molecule has 0 fully saturated rings. The van der Waals surface area contributed by atoms with Gasteiger partial charge in [-0.15, -0.1) is 0 Å². The lowest BCUT2D eigenvalue weighted by Crippen LogP contribution is -2.15. The highest BCUT2D eigenvalue weighted by atomic mass is 16.7. The fourth-order valence-electron chi connectivity index (χ4n) is 2.73. The zero-order valence-corrected chi connectivity index (χ0v) is 15.6. The lowest BCUT2D eigenvalue weighted by atomic mass is 10.3. The number of rotatable bonds is 6. The van der Waals surface area contributed by atoms with E-state index in [0.29, 0.717) is 47.3 Å². The molecule has 29 heavy (non-hydrogen) atoms. The minimum atomic E-state index is -0.795. The Morgan fingerprint density at radius 3 is 2.48 bits per heavy atom. The number of hydrogen-bond acceptors (Lipinski definition) is 8. The molecule has 0 saturated heterocycles. The van der Waals surface area contributed by atoms with Crippen molar-refractivity contribution in [3.63, 3.8) is 0 Å². The summed E-state index contributed by atoms with van der Waals surface area (Å²) < 4.78 is 32.1. The lowest BCUT2D eigenvalue weighted by molar-refractivity contribution is -0.134. The van der Waals surface area contributed by atoms with E-state index in [1.165, 1.54) is 12.2 Å². The molecule has 150 valence electrons. The van der Waals surface area contributed by atoms with Crippen molar-refractivity contribution in [1.82, 2.24) is 0 Å². The molecule has 2 aromatic rings. The minimum Gasteiger partial charge on any atom is -0.454 e. The molecular weight excluding hydrogens is 380 g/mol. The molecule has 0 aromatic heterocycles. The third kappa shape index (κ3) is 4.43. The van der Waals surface area contributed by atoms with Gasteiger partial charge >= 0.3 is 11.9 Å². The summed E-state index contributed by atoms with van der Waals surface area (Å²) >= 11 is 0. The topological polar surface area (TPSA) is 89.5 Å². The monoisotopic (exact) mass is 398 g/mol. The lowest BCUT2D eigenvalue weighted by Gasteiger charge is -2.05. The van der Waals surface area contributed by atoms with E-state index in [4.69, 9.17) is 28.4 Å². The molecule has 0 aliphatic carbocycles. The van der Waals surface area contributed by atoms with Crippen molar-refractivity contribution >= 4 is 11.9 Å². The summed E-state index contributed by atoms with van der Waals surface area (Å²) in [6.45, 7) is 2.04. The van der Waals surface area contributed by atoms with Crippen molar-refractivity contribution in [3.8, 4) is 34.5 Å². The second-order valence-electron chi connectivity index (χ2n) is 6.23. The molecule has 2 aliphatic rings. The summed E-state index contributed by atoms with van der Waals surface area (Å²) in [6.07, 6.45) is 2.89. The number of fused-ring (bicyclic) bond motifs is 2. The van der Waals surface area contributed by atoms with Gasteiger partial charge in [0.1, 0.15) is 11.5 Å². The third-order valence-corrected chi connectivity index (χ3v) is 4.04. The Morgan fingerprint density at radius 2 is 1.66 bits per heavy atom. The second kappa shape index (κ2) is 8.14. The van der Waals surface area contributed by atoms with Gasteiger partial charge in [0.05, 0.1) is 0 Å². The maximum absolute atomic E-state index is 12.0. The first-order chi connectivity index (χ1) is 14.1. The molecule has 0 N–H and O–H groups in total. The Labute approximate surface area is 166 Å². The van der Waals surface area contributed by atoms with E-state index >= 15 is 0 Å². The van der Waals surface area contributed by atoms with E-state index < -0.39 is 12.3 Å². The molecular formula is C21H18O8. The van der Waals surface area contributed by atoms with E-state index in [2.05, 4.69) is 0 Å². The van der Waals surface area contributed by atoms with Gasteiger partial charge in [0, 0.05) is 30.7 Å². The van der Waals surface area contributed by atoms with Gasteiger partial charge in [-0.2, -0.15) is 0 Å². The van der Waals surface area contributed by atoms with Crippen LogP contribution in [0, 0.1) is 0 Å².